The standard InChI is InChI=1S/C9H20O5/c1-3-10-5-6-12-9-14-13-8-7-11-4-2/h3-9H2,1-2H3. The number of rotatable bonds is 11. The van der Waals surface area contributed by atoms with Gasteiger partial charge in [-0.2, -0.15) is 0 Å². The molecule has 5 heteroatoms. The molecule has 0 aromatic heterocycles. The molecule has 14 heavy (non-hydrogen) atoms. The Labute approximate surface area is 85.2 Å². The van der Waals surface area contributed by atoms with Gasteiger partial charge in [0.05, 0.1) is 19.8 Å². The highest BCUT2D eigenvalue weighted by Crippen LogP contribution is 1.83. The number of hydrogen-bond donors (Lipinski definition) is 0. The van der Waals surface area contributed by atoms with E-state index in [9.17, 15) is 0 Å². The minimum Gasteiger partial charge on any atom is -0.379 e. The third-order valence-corrected chi connectivity index (χ3v) is 1.31. The zero-order valence-electron chi connectivity index (χ0n) is 8.99. The van der Waals surface area contributed by atoms with E-state index in [-0.39, 0.29) is 6.79 Å². The molecule has 5 nitrogen and oxygen atoms in total. The maximum Gasteiger partial charge on any atom is 0.180 e. The summed E-state index contributed by atoms with van der Waals surface area (Å²) in [7, 11) is 0. The Morgan fingerprint density at radius 2 is 1.21 bits per heavy atom. The van der Waals surface area contributed by atoms with Crippen LogP contribution >= 0.6 is 0 Å². The van der Waals surface area contributed by atoms with Crippen LogP contribution in [-0.2, 0) is 24.0 Å². The first-order chi connectivity index (χ1) is 6.91. The van der Waals surface area contributed by atoms with E-state index in [1.165, 1.54) is 0 Å². The SMILES string of the molecule is CCOCCOCOOCCOCC. The van der Waals surface area contributed by atoms with Crippen LogP contribution in [0.2, 0.25) is 0 Å². The first-order valence-corrected chi connectivity index (χ1v) is 4.89. The molecule has 0 radical (unpaired) electrons. The molecule has 0 amide bonds. The summed E-state index contributed by atoms with van der Waals surface area (Å²) in [6.45, 7) is 7.44. The number of hydrogen-bond acceptors (Lipinski definition) is 5. The molecule has 0 heterocycles. The molecule has 0 atom stereocenters. The third kappa shape index (κ3) is 11.8. The van der Waals surface area contributed by atoms with Gasteiger partial charge in [-0.05, 0) is 13.8 Å². The fourth-order valence-electron chi connectivity index (χ4n) is 0.685. The molecule has 0 aliphatic heterocycles. The molecule has 0 fully saturated rings. The van der Waals surface area contributed by atoms with E-state index in [0.717, 1.165) is 0 Å². The fourth-order valence-corrected chi connectivity index (χ4v) is 0.685. The Balaban J connectivity index is 2.78. The summed E-state index contributed by atoms with van der Waals surface area (Å²) in [5, 5.41) is 0. The van der Waals surface area contributed by atoms with E-state index < -0.39 is 0 Å². The summed E-state index contributed by atoms with van der Waals surface area (Å²) in [6.07, 6.45) is 0. The molecule has 0 saturated heterocycles. The van der Waals surface area contributed by atoms with Gasteiger partial charge >= 0.3 is 0 Å². The van der Waals surface area contributed by atoms with Gasteiger partial charge in [0.15, 0.2) is 6.79 Å². The maximum atomic E-state index is 5.05. The Kier molecular flexibility index (Phi) is 12.6. The Morgan fingerprint density at radius 1 is 0.643 bits per heavy atom. The average Bonchev–Trinajstić information content (AvgIpc) is 2.21. The van der Waals surface area contributed by atoms with Crippen molar-refractivity contribution in [3.05, 3.63) is 0 Å². The molecule has 0 rings (SSSR count). The van der Waals surface area contributed by atoms with Crippen molar-refractivity contribution < 1.29 is 24.0 Å². The van der Waals surface area contributed by atoms with E-state index in [0.29, 0.717) is 39.6 Å². The van der Waals surface area contributed by atoms with Gasteiger partial charge in [0.2, 0.25) is 0 Å². The predicted octanol–water partition coefficient (Wildman–Crippen LogP) is 0.982. The number of ether oxygens (including phenoxy) is 3. The fraction of sp³-hybridized carbons (Fsp3) is 1.00. The summed E-state index contributed by atoms with van der Waals surface area (Å²) >= 11 is 0. The molecular formula is C9H20O5. The van der Waals surface area contributed by atoms with Crippen LogP contribution in [0.5, 0.6) is 0 Å². The third-order valence-electron chi connectivity index (χ3n) is 1.31. The summed E-state index contributed by atoms with van der Waals surface area (Å²) in [6, 6.07) is 0. The summed E-state index contributed by atoms with van der Waals surface area (Å²) in [5.41, 5.74) is 0. The highest BCUT2D eigenvalue weighted by Gasteiger charge is 1.90. The van der Waals surface area contributed by atoms with Gasteiger partial charge in [-0.25, -0.2) is 9.78 Å². The minimum atomic E-state index is 0.124. The summed E-state index contributed by atoms with van der Waals surface area (Å²) < 4.78 is 15.1. The second kappa shape index (κ2) is 12.8. The molecular weight excluding hydrogens is 188 g/mol. The van der Waals surface area contributed by atoms with Crippen molar-refractivity contribution in [1.82, 2.24) is 0 Å². The van der Waals surface area contributed by atoms with Crippen molar-refractivity contribution in [1.29, 1.82) is 0 Å². The zero-order chi connectivity index (χ0) is 10.5. The van der Waals surface area contributed by atoms with Crippen molar-refractivity contribution in [3.63, 3.8) is 0 Å². The van der Waals surface area contributed by atoms with E-state index in [4.69, 9.17) is 24.0 Å². The van der Waals surface area contributed by atoms with Gasteiger partial charge in [-0.15, -0.1) is 0 Å². The smallest absolute Gasteiger partial charge is 0.180 e. The van der Waals surface area contributed by atoms with E-state index in [1.54, 1.807) is 0 Å². The van der Waals surface area contributed by atoms with Crippen molar-refractivity contribution in [2.45, 2.75) is 13.8 Å². The van der Waals surface area contributed by atoms with E-state index in [1.807, 2.05) is 13.8 Å². The quantitative estimate of drug-likeness (QED) is 0.219. The maximum absolute atomic E-state index is 5.05. The van der Waals surface area contributed by atoms with Crippen molar-refractivity contribution in [2.24, 2.45) is 0 Å². The molecule has 0 unspecified atom stereocenters. The van der Waals surface area contributed by atoms with Crippen molar-refractivity contribution in [2.75, 3.05) is 46.4 Å². The second-order valence-corrected chi connectivity index (χ2v) is 2.36. The van der Waals surface area contributed by atoms with Crippen LogP contribution in [0.15, 0.2) is 0 Å². The largest absolute Gasteiger partial charge is 0.379 e. The van der Waals surface area contributed by atoms with Gasteiger partial charge in [-0.3, -0.25) is 0 Å². The molecule has 0 N–H and O–H groups in total. The van der Waals surface area contributed by atoms with E-state index in [2.05, 4.69) is 0 Å². The molecule has 0 aromatic rings. The second-order valence-electron chi connectivity index (χ2n) is 2.36. The zero-order valence-corrected chi connectivity index (χ0v) is 8.99. The van der Waals surface area contributed by atoms with E-state index >= 15 is 0 Å². The molecule has 0 aromatic carbocycles. The first-order valence-electron chi connectivity index (χ1n) is 4.89. The molecule has 0 aliphatic carbocycles. The van der Waals surface area contributed by atoms with Gasteiger partial charge < -0.3 is 14.2 Å². The van der Waals surface area contributed by atoms with Gasteiger partial charge in [0, 0.05) is 13.2 Å². The minimum absolute atomic E-state index is 0.124. The van der Waals surface area contributed by atoms with Crippen molar-refractivity contribution in [3.8, 4) is 0 Å². The molecule has 0 spiro atoms. The van der Waals surface area contributed by atoms with Gasteiger partial charge in [-0.1, -0.05) is 0 Å². The van der Waals surface area contributed by atoms with Gasteiger partial charge in [0.25, 0.3) is 0 Å². The average molecular weight is 208 g/mol. The normalized spacial score (nSPS) is 10.7. The molecule has 0 saturated carbocycles. The van der Waals surface area contributed by atoms with Crippen LogP contribution in [0.1, 0.15) is 13.8 Å². The lowest BCUT2D eigenvalue weighted by atomic mass is 10.7. The highest BCUT2D eigenvalue weighted by molar-refractivity contribution is 4.24. The molecule has 86 valence electrons. The first kappa shape index (κ1) is 13.8. The summed E-state index contributed by atoms with van der Waals surface area (Å²) in [5.74, 6) is 0. The lowest BCUT2D eigenvalue weighted by molar-refractivity contribution is -0.340. The van der Waals surface area contributed by atoms with Crippen LogP contribution in [0.25, 0.3) is 0 Å². The lowest BCUT2D eigenvalue weighted by Gasteiger charge is -2.05. The topological polar surface area (TPSA) is 46.2 Å². The predicted molar refractivity (Wildman–Crippen MR) is 50.8 cm³/mol. The van der Waals surface area contributed by atoms with Gasteiger partial charge in [0.1, 0.15) is 6.61 Å². The Morgan fingerprint density at radius 3 is 1.86 bits per heavy atom. The molecule has 0 aliphatic rings. The van der Waals surface area contributed by atoms with Crippen LogP contribution in [0.4, 0.5) is 0 Å². The van der Waals surface area contributed by atoms with Crippen LogP contribution in [-0.4, -0.2) is 46.4 Å². The highest BCUT2D eigenvalue weighted by atomic mass is 17.2. The van der Waals surface area contributed by atoms with Crippen LogP contribution < -0.4 is 0 Å². The van der Waals surface area contributed by atoms with Crippen LogP contribution in [0.3, 0.4) is 0 Å². The Bertz CT molecular complexity index is 87.2. The molecule has 0 bridgehead atoms. The van der Waals surface area contributed by atoms with Crippen LogP contribution in [0, 0.1) is 0 Å². The Hall–Kier alpha value is -0.200. The monoisotopic (exact) mass is 208 g/mol. The lowest BCUT2D eigenvalue weighted by Crippen LogP contribution is -2.09. The van der Waals surface area contributed by atoms with Crippen molar-refractivity contribution >= 4 is 0 Å². The summed E-state index contributed by atoms with van der Waals surface area (Å²) in [4.78, 5) is 9.45.